The number of anilines is 3. The molecule has 0 amide bonds. The highest BCUT2D eigenvalue weighted by Gasteiger charge is 2.17. The summed E-state index contributed by atoms with van der Waals surface area (Å²) in [6.07, 6.45) is 0. The van der Waals surface area contributed by atoms with E-state index in [0.717, 1.165) is 17.1 Å². The van der Waals surface area contributed by atoms with Crippen LogP contribution in [0.25, 0.3) is 85.9 Å². The molecule has 262 valence electrons. The number of benzene rings is 10. The molecule has 0 radical (unpaired) electrons. The number of rotatable bonds is 6. The number of fused-ring (bicyclic) bond motifs is 8. The van der Waals surface area contributed by atoms with E-state index in [9.17, 15) is 0 Å². The Kier molecular flexibility index (Phi) is 7.75. The van der Waals surface area contributed by atoms with Crippen LogP contribution in [0.3, 0.4) is 0 Å². The van der Waals surface area contributed by atoms with E-state index in [-0.39, 0.29) is 0 Å². The Balaban J connectivity index is 1.03. The van der Waals surface area contributed by atoms with Crippen LogP contribution < -0.4 is 4.90 Å². The fourth-order valence-corrected chi connectivity index (χ4v) is 9.81. The Hall–Kier alpha value is -7.00. The van der Waals surface area contributed by atoms with Gasteiger partial charge in [0, 0.05) is 37.2 Å². The zero-order valence-electron chi connectivity index (χ0n) is 30.6. The van der Waals surface area contributed by atoms with Gasteiger partial charge in [-0.3, -0.25) is 0 Å². The number of hydrogen-bond donors (Lipinski definition) is 0. The average Bonchev–Trinajstić information content (AvgIpc) is 3.66. The van der Waals surface area contributed by atoms with Crippen molar-refractivity contribution >= 4 is 80.9 Å². The first kappa shape index (κ1) is 32.4. The van der Waals surface area contributed by atoms with Crippen LogP contribution in [0.4, 0.5) is 17.1 Å². The summed E-state index contributed by atoms with van der Waals surface area (Å²) in [5.41, 5.74) is 10.6. The maximum Gasteiger partial charge on any atom is 0.0467 e. The first-order chi connectivity index (χ1) is 27.8. The Morgan fingerprint density at radius 1 is 0.304 bits per heavy atom. The Morgan fingerprint density at radius 2 is 0.893 bits per heavy atom. The monoisotopic (exact) mass is 729 g/mol. The average molecular weight is 730 g/mol. The SMILES string of the molecule is c1ccc(-c2cccc(N(c3ccc(-c4cc5ccc6ccccc6c5c5ccccc45)cc3)c3ccc(-c4cccc5c4sc4ccccc45)cc3)c2)cc1. The predicted molar refractivity (Wildman–Crippen MR) is 243 cm³/mol. The van der Waals surface area contributed by atoms with Crippen molar-refractivity contribution in [3.8, 4) is 33.4 Å². The minimum absolute atomic E-state index is 1.11. The van der Waals surface area contributed by atoms with Crippen LogP contribution >= 0.6 is 11.3 Å². The van der Waals surface area contributed by atoms with Crippen LogP contribution in [0.15, 0.2) is 212 Å². The highest BCUT2D eigenvalue weighted by atomic mass is 32.1. The van der Waals surface area contributed by atoms with E-state index < -0.39 is 0 Å². The van der Waals surface area contributed by atoms with E-state index in [1.165, 1.54) is 85.9 Å². The Morgan fingerprint density at radius 3 is 1.68 bits per heavy atom. The van der Waals surface area contributed by atoms with E-state index in [1.54, 1.807) is 0 Å². The molecular formula is C54H35NS. The molecule has 0 unspecified atom stereocenters. The van der Waals surface area contributed by atoms with Gasteiger partial charge in [0.2, 0.25) is 0 Å². The molecule has 11 rings (SSSR count). The normalized spacial score (nSPS) is 11.6. The quantitative estimate of drug-likeness (QED) is 0.154. The van der Waals surface area contributed by atoms with Gasteiger partial charge in [-0.15, -0.1) is 11.3 Å². The van der Waals surface area contributed by atoms with Crippen LogP contribution in [0.5, 0.6) is 0 Å². The molecule has 0 aliphatic carbocycles. The second-order valence-electron chi connectivity index (χ2n) is 14.5. The number of nitrogens with zero attached hydrogens (tertiary/aromatic N) is 1. The molecule has 0 fully saturated rings. The molecule has 0 saturated carbocycles. The minimum Gasteiger partial charge on any atom is -0.310 e. The van der Waals surface area contributed by atoms with Crippen LogP contribution in [0.2, 0.25) is 0 Å². The van der Waals surface area contributed by atoms with Gasteiger partial charge in [-0.1, -0.05) is 164 Å². The number of hydrogen-bond acceptors (Lipinski definition) is 2. The third kappa shape index (κ3) is 5.46. The van der Waals surface area contributed by atoms with Gasteiger partial charge in [0.05, 0.1) is 0 Å². The van der Waals surface area contributed by atoms with Crippen LogP contribution in [0, 0.1) is 0 Å². The first-order valence-electron chi connectivity index (χ1n) is 19.2. The second kappa shape index (κ2) is 13.4. The van der Waals surface area contributed by atoms with E-state index in [0.29, 0.717) is 0 Å². The first-order valence-corrected chi connectivity index (χ1v) is 20.0. The van der Waals surface area contributed by atoms with E-state index >= 15 is 0 Å². The second-order valence-corrected chi connectivity index (χ2v) is 15.5. The van der Waals surface area contributed by atoms with Gasteiger partial charge in [0.15, 0.2) is 0 Å². The molecule has 0 spiro atoms. The largest absolute Gasteiger partial charge is 0.310 e. The maximum absolute atomic E-state index is 2.38. The summed E-state index contributed by atoms with van der Waals surface area (Å²) in [5, 5.41) is 10.3. The maximum atomic E-state index is 2.38. The zero-order chi connectivity index (χ0) is 37.0. The summed E-state index contributed by atoms with van der Waals surface area (Å²) >= 11 is 1.88. The predicted octanol–water partition coefficient (Wildman–Crippen LogP) is 16.0. The summed E-state index contributed by atoms with van der Waals surface area (Å²) in [7, 11) is 0. The molecule has 0 aliphatic heterocycles. The van der Waals surface area contributed by atoms with Gasteiger partial charge in [-0.2, -0.15) is 0 Å². The molecule has 0 saturated heterocycles. The van der Waals surface area contributed by atoms with Crippen LogP contribution in [-0.4, -0.2) is 0 Å². The molecular weight excluding hydrogens is 695 g/mol. The molecule has 10 aromatic carbocycles. The van der Waals surface area contributed by atoms with E-state index in [2.05, 4.69) is 217 Å². The summed E-state index contributed by atoms with van der Waals surface area (Å²) in [6, 6.07) is 77.6. The molecule has 56 heavy (non-hydrogen) atoms. The highest BCUT2D eigenvalue weighted by Crippen LogP contribution is 2.43. The summed E-state index contributed by atoms with van der Waals surface area (Å²) in [5.74, 6) is 0. The van der Waals surface area contributed by atoms with E-state index in [1.807, 2.05) is 11.3 Å². The lowest BCUT2D eigenvalue weighted by molar-refractivity contribution is 1.28. The van der Waals surface area contributed by atoms with Gasteiger partial charge in [-0.25, -0.2) is 0 Å². The fourth-order valence-electron chi connectivity index (χ4n) is 8.57. The molecule has 1 aromatic heterocycles. The lowest BCUT2D eigenvalue weighted by atomic mass is 9.90. The molecule has 0 bridgehead atoms. The molecule has 0 N–H and O–H groups in total. The number of thiophene rings is 1. The molecule has 0 atom stereocenters. The summed E-state index contributed by atoms with van der Waals surface area (Å²) < 4.78 is 2.66. The molecule has 1 nitrogen and oxygen atoms in total. The van der Waals surface area contributed by atoms with Gasteiger partial charge < -0.3 is 4.90 Å². The van der Waals surface area contributed by atoms with Crippen molar-refractivity contribution in [2.75, 3.05) is 4.90 Å². The summed E-state index contributed by atoms with van der Waals surface area (Å²) in [4.78, 5) is 2.38. The smallest absolute Gasteiger partial charge is 0.0467 e. The van der Waals surface area contributed by atoms with Gasteiger partial charge in [0.25, 0.3) is 0 Å². The van der Waals surface area contributed by atoms with E-state index in [4.69, 9.17) is 0 Å². The van der Waals surface area contributed by atoms with Gasteiger partial charge >= 0.3 is 0 Å². The van der Waals surface area contributed by atoms with Crippen molar-refractivity contribution in [1.82, 2.24) is 0 Å². The fraction of sp³-hybridized carbons (Fsp3) is 0. The summed E-state index contributed by atoms with van der Waals surface area (Å²) in [6.45, 7) is 0. The molecule has 1 heterocycles. The minimum atomic E-state index is 1.11. The highest BCUT2D eigenvalue weighted by molar-refractivity contribution is 7.26. The standard InChI is InChI=1S/C54H35NS/c1-2-12-36(13-3-1)40-15-10-16-44(34-40)55(42-30-26-38(27-31-42)46-21-11-22-50-48-19-8-9-23-52(48)56-54(46)50)43-32-28-39(29-33-43)51-35-41-25-24-37-14-4-5-17-45(37)53(41)49-20-7-6-18-47(49)51/h1-35H. The molecule has 11 aromatic rings. The Bertz CT molecular complexity index is 3230. The lowest BCUT2D eigenvalue weighted by Crippen LogP contribution is -2.10. The third-order valence-corrected chi connectivity index (χ3v) is 12.5. The van der Waals surface area contributed by atoms with Crippen molar-refractivity contribution in [3.05, 3.63) is 212 Å². The lowest BCUT2D eigenvalue weighted by Gasteiger charge is -2.26. The van der Waals surface area contributed by atoms with Crippen molar-refractivity contribution in [1.29, 1.82) is 0 Å². The van der Waals surface area contributed by atoms with Gasteiger partial charge in [-0.05, 0) is 114 Å². The van der Waals surface area contributed by atoms with Crippen LogP contribution in [-0.2, 0) is 0 Å². The molecule has 0 aliphatic rings. The molecule has 2 heteroatoms. The van der Waals surface area contributed by atoms with Crippen molar-refractivity contribution in [3.63, 3.8) is 0 Å². The topological polar surface area (TPSA) is 3.24 Å². The van der Waals surface area contributed by atoms with Crippen molar-refractivity contribution in [2.45, 2.75) is 0 Å². The van der Waals surface area contributed by atoms with Crippen LogP contribution in [0.1, 0.15) is 0 Å². The zero-order valence-corrected chi connectivity index (χ0v) is 31.4. The van der Waals surface area contributed by atoms with Crippen molar-refractivity contribution in [2.24, 2.45) is 0 Å². The third-order valence-electron chi connectivity index (χ3n) is 11.2. The Labute approximate surface area is 330 Å². The van der Waals surface area contributed by atoms with Gasteiger partial charge in [0.1, 0.15) is 0 Å². The van der Waals surface area contributed by atoms with Crippen molar-refractivity contribution < 1.29 is 0 Å².